The molecular weight excluding hydrogens is 322 g/mol. The normalized spacial score (nSPS) is 10.9. The molecule has 1 amide bonds. The van der Waals surface area contributed by atoms with Gasteiger partial charge in [-0.25, -0.2) is 10.4 Å². The average Bonchev–Trinajstić information content (AvgIpc) is 2.99. The molecule has 0 aliphatic carbocycles. The van der Waals surface area contributed by atoms with Gasteiger partial charge in [0.15, 0.2) is 0 Å². The first-order valence-corrected chi connectivity index (χ1v) is 8.09. The number of thiazole rings is 1. The van der Waals surface area contributed by atoms with Crippen LogP contribution in [0.3, 0.4) is 0 Å². The van der Waals surface area contributed by atoms with Crippen molar-refractivity contribution in [2.45, 2.75) is 13.8 Å². The van der Waals surface area contributed by atoms with E-state index < -0.39 is 0 Å². The minimum absolute atomic E-state index is 0.288. The molecule has 1 N–H and O–H groups in total. The third-order valence-corrected chi connectivity index (χ3v) is 4.42. The van der Waals surface area contributed by atoms with Crippen LogP contribution in [0.15, 0.2) is 48.0 Å². The molecule has 0 saturated carbocycles. The van der Waals surface area contributed by atoms with Crippen molar-refractivity contribution in [1.29, 1.82) is 0 Å². The van der Waals surface area contributed by atoms with Crippen molar-refractivity contribution in [1.82, 2.24) is 20.4 Å². The zero-order chi connectivity index (χ0) is 16.9. The monoisotopic (exact) mass is 337 g/mol. The minimum atomic E-state index is -0.288. The van der Waals surface area contributed by atoms with E-state index >= 15 is 0 Å². The summed E-state index contributed by atoms with van der Waals surface area (Å²) >= 11 is 1.27. The first kappa shape index (κ1) is 15.9. The van der Waals surface area contributed by atoms with Gasteiger partial charge in [0.05, 0.1) is 18.1 Å². The summed E-state index contributed by atoms with van der Waals surface area (Å²) in [6.45, 7) is 3.80. The fraction of sp³-hybridized carbons (Fsp3) is 0.118. The van der Waals surface area contributed by atoms with E-state index in [9.17, 15) is 4.79 Å². The smallest absolute Gasteiger partial charge is 0.266 e. The Bertz CT molecular complexity index is 872. The molecule has 0 bridgehead atoms. The Kier molecular flexibility index (Phi) is 4.72. The number of carbonyl (C=O) groups is 1. The Balaban J connectivity index is 1.71. The Labute approximate surface area is 143 Å². The number of aromatic nitrogens is 3. The lowest BCUT2D eigenvalue weighted by molar-refractivity contribution is 0.0958. The fourth-order valence-electron chi connectivity index (χ4n) is 1.99. The molecule has 6 nitrogen and oxygen atoms in total. The van der Waals surface area contributed by atoms with Crippen LogP contribution in [-0.4, -0.2) is 27.1 Å². The lowest BCUT2D eigenvalue weighted by Gasteiger charge is -1.97. The quantitative estimate of drug-likeness (QED) is 0.586. The van der Waals surface area contributed by atoms with Crippen LogP contribution in [-0.2, 0) is 0 Å². The van der Waals surface area contributed by atoms with Gasteiger partial charge in [-0.15, -0.1) is 11.3 Å². The molecule has 0 aliphatic heterocycles. The van der Waals surface area contributed by atoms with E-state index in [0.29, 0.717) is 21.3 Å². The number of carbonyl (C=O) groups excluding carboxylic acids is 1. The number of hydrogen-bond acceptors (Lipinski definition) is 6. The highest BCUT2D eigenvalue weighted by atomic mass is 32.1. The molecule has 7 heteroatoms. The summed E-state index contributed by atoms with van der Waals surface area (Å²) in [5.74, 6) is -0.288. The molecule has 2 aromatic heterocycles. The standard InChI is InChI=1S/C17H15N5OS/c1-11-3-5-13(6-4-11)9-20-22-16(23)15-12(2)21-17(24-15)14-10-18-7-8-19-14/h3-10H,1-2H3,(H,22,23). The van der Waals surface area contributed by atoms with E-state index in [4.69, 9.17) is 0 Å². The van der Waals surface area contributed by atoms with Gasteiger partial charge in [0.2, 0.25) is 0 Å². The van der Waals surface area contributed by atoms with Gasteiger partial charge in [-0.05, 0) is 19.4 Å². The maximum Gasteiger partial charge on any atom is 0.283 e. The van der Waals surface area contributed by atoms with Crippen LogP contribution >= 0.6 is 11.3 Å². The fourth-order valence-corrected chi connectivity index (χ4v) is 2.91. The van der Waals surface area contributed by atoms with E-state index in [1.807, 2.05) is 31.2 Å². The van der Waals surface area contributed by atoms with E-state index in [1.165, 1.54) is 16.9 Å². The van der Waals surface area contributed by atoms with Gasteiger partial charge in [-0.2, -0.15) is 5.10 Å². The van der Waals surface area contributed by atoms with Gasteiger partial charge in [-0.3, -0.25) is 14.8 Å². The molecule has 0 saturated heterocycles. The van der Waals surface area contributed by atoms with Crippen molar-refractivity contribution in [3.8, 4) is 10.7 Å². The van der Waals surface area contributed by atoms with Crippen molar-refractivity contribution in [2.75, 3.05) is 0 Å². The largest absolute Gasteiger partial charge is 0.283 e. The number of nitrogens with one attached hydrogen (secondary N) is 1. The van der Waals surface area contributed by atoms with Crippen LogP contribution in [0.2, 0.25) is 0 Å². The van der Waals surface area contributed by atoms with Gasteiger partial charge < -0.3 is 0 Å². The van der Waals surface area contributed by atoms with Crippen LogP contribution in [0, 0.1) is 13.8 Å². The zero-order valence-electron chi connectivity index (χ0n) is 13.2. The molecular formula is C17H15N5OS. The summed E-state index contributed by atoms with van der Waals surface area (Å²) in [5, 5.41) is 4.66. The summed E-state index contributed by atoms with van der Waals surface area (Å²) in [6.07, 6.45) is 6.42. The molecule has 1 aromatic carbocycles. The second-order valence-corrected chi connectivity index (χ2v) is 6.13. The van der Waals surface area contributed by atoms with E-state index in [-0.39, 0.29) is 5.91 Å². The van der Waals surface area contributed by atoms with Gasteiger partial charge in [0.1, 0.15) is 15.6 Å². The highest BCUT2D eigenvalue weighted by Crippen LogP contribution is 2.25. The maximum atomic E-state index is 12.3. The first-order valence-electron chi connectivity index (χ1n) is 7.27. The molecule has 120 valence electrons. The molecule has 3 rings (SSSR count). The third-order valence-electron chi connectivity index (χ3n) is 3.24. The molecule has 2 heterocycles. The van der Waals surface area contributed by atoms with Crippen LogP contribution in [0.4, 0.5) is 0 Å². The second kappa shape index (κ2) is 7.10. The second-order valence-electron chi connectivity index (χ2n) is 5.13. The van der Waals surface area contributed by atoms with Crippen LogP contribution in [0.25, 0.3) is 10.7 Å². The predicted octanol–water partition coefficient (Wildman–Crippen LogP) is 2.98. The molecule has 0 unspecified atom stereocenters. The summed E-state index contributed by atoms with van der Waals surface area (Å²) in [6, 6.07) is 7.86. The lowest BCUT2D eigenvalue weighted by atomic mass is 10.2. The Morgan fingerprint density at radius 2 is 2.00 bits per heavy atom. The van der Waals surface area contributed by atoms with Crippen LogP contribution in [0.1, 0.15) is 26.5 Å². The van der Waals surface area contributed by atoms with Crippen molar-refractivity contribution in [2.24, 2.45) is 5.10 Å². The molecule has 0 spiro atoms. The van der Waals surface area contributed by atoms with Gasteiger partial charge in [0.25, 0.3) is 5.91 Å². The summed E-state index contributed by atoms with van der Waals surface area (Å²) in [4.78, 5) is 25.4. The SMILES string of the molecule is Cc1ccc(C=NNC(=O)c2sc(-c3cnccn3)nc2C)cc1. The van der Waals surface area contributed by atoms with E-state index in [2.05, 4.69) is 25.5 Å². The number of hydrazone groups is 1. The topological polar surface area (TPSA) is 80.1 Å². The third kappa shape index (κ3) is 3.69. The van der Waals surface area contributed by atoms with Crippen molar-refractivity contribution in [3.05, 3.63) is 64.6 Å². The van der Waals surface area contributed by atoms with Crippen LogP contribution < -0.4 is 5.43 Å². The number of rotatable bonds is 4. The number of nitrogens with zero attached hydrogens (tertiary/aromatic N) is 4. The highest BCUT2D eigenvalue weighted by Gasteiger charge is 2.16. The Hall–Kier alpha value is -2.93. The summed E-state index contributed by atoms with van der Waals surface area (Å²) < 4.78 is 0. The maximum absolute atomic E-state index is 12.3. The molecule has 0 radical (unpaired) electrons. The van der Waals surface area contributed by atoms with E-state index in [0.717, 1.165) is 5.56 Å². The number of amides is 1. The first-order chi connectivity index (χ1) is 11.6. The molecule has 24 heavy (non-hydrogen) atoms. The summed E-state index contributed by atoms with van der Waals surface area (Å²) in [7, 11) is 0. The molecule has 3 aromatic rings. The van der Waals surface area contributed by atoms with Crippen molar-refractivity contribution >= 4 is 23.5 Å². The van der Waals surface area contributed by atoms with Crippen molar-refractivity contribution < 1.29 is 4.79 Å². The van der Waals surface area contributed by atoms with Gasteiger partial charge in [-0.1, -0.05) is 29.8 Å². The molecule has 0 atom stereocenters. The Morgan fingerprint density at radius 3 is 2.71 bits per heavy atom. The number of aryl methyl sites for hydroxylation is 2. The Morgan fingerprint density at radius 1 is 1.21 bits per heavy atom. The lowest BCUT2D eigenvalue weighted by Crippen LogP contribution is -2.17. The highest BCUT2D eigenvalue weighted by molar-refractivity contribution is 7.17. The van der Waals surface area contributed by atoms with Gasteiger partial charge in [0, 0.05) is 12.4 Å². The van der Waals surface area contributed by atoms with Crippen molar-refractivity contribution in [3.63, 3.8) is 0 Å². The number of hydrogen-bond donors (Lipinski definition) is 1. The molecule has 0 fully saturated rings. The number of benzene rings is 1. The summed E-state index contributed by atoms with van der Waals surface area (Å²) in [5.41, 5.74) is 5.91. The van der Waals surface area contributed by atoms with Crippen LogP contribution in [0.5, 0.6) is 0 Å². The zero-order valence-corrected chi connectivity index (χ0v) is 14.0. The predicted molar refractivity (Wildman–Crippen MR) is 94.1 cm³/mol. The average molecular weight is 337 g/mol. The van der Waals surface area contributed by atoms with E-state index in [1.54, 1.807) is 31.7 Å². The minimum Gasteiger partial charge on any atom is -0.266 e. The molecule has 0 aliphatic rings. The van der Waals surface area contributed by atoms with Gasteiger partial charge >= 0.3 is 0 Å².